The van der Waals surface area contributed by atoms with Crippen molar-refractivity contribution in [2.45, 2.75) is 31.5 Å². The van der Waals surface area contributed by atoms with Crippen molar-refractivity contribution in [2.75, 3.05) is 26.4 Å². The molecule has 0 saturated heterocycles. The minimum absolute atomic E-state index is 0.0862. The zero-order chi connectivity index (χ0) is 15.0. The quantitative estimate of drug-likeness (QED) is 0.529. The summed E-state index contributed by atoms with van der Waals surface area (Å²) in [6, 6.07) is 3.35. The van der Waals surface area contributed by atoms with Crippen LogP contribution >= 0.6 is 0 Å². The fraction of sp³-hybridized carbons (Fsp3) is 0.667. The van der Waals surface area contributed by atoms with Gasteiger partial charge in [-0.25, -0.2) is 13.1 Å². The Bertz CT molecular complexity index is 484. The third-order valence-electron chi connectivity index (χ3n) is 2.36. The number of hydrogen-bond acceptors (Lipinski definition) is 6. The largest absolute Gasteiger partial charge is 0.447 e. The first-order valence-corrected chi connectivity index (χ1v) is 7.94. The minimum Gasteiger partial charge on any atom is -0.447 e. The van der Waals surface area contributed by atoms with Crippen LogP contribution < -0.4 is 10.0 Å². The van der Waals surface area contributed by atoms with Crippen molar-refractivity contribution in [3.63, 3.8) is 0 Å². The Balaban J connectivity index is 2.46. The Morgan fingerprint density at radius 1 is 1.35 bits per heavy atom. The monoisotopic (exact) mass is 306 g/mol. The Kier molecular flexibility index (Phi) is 7.17. The topological polar surface area (TPSA) is 101 Å². The molecule has 0 aliphatic carbocycles. The lowest BCUT2D eigenvalue weighted by atomic mass is 10.3. The molecule has 3 N–H and O–H groups in total. The zero-order valence-corrected chi connectivity index (χ0v) is 12.6. The molecule has 8 heteroatoms. The van der Waals surface area contributed by atoms with Gasteiger partial charge in [0.15, 0.2) is 0 Å². The van der Waals surface area contributed by atoms with E-state index in [1.165, 1.54) is 6.07 Å². The Morgan fingerprint density at radius 3 is 2.75 bits per heavy atom. The first-order valence-electron chi connectivity index (χ1n) is 6.46. The van der Waals surface area contributed by atoms with E-state index < -0.39 is 10.0 Å². The van der Waals surface area contributed by atoms with Crippen molar-refractivity contribution >= 4 is 10.0 Å². The maximum absolute atomic E-state index is 11.9. The van der Waals surface area contributed by atoms with E-state index in [0.29, 0.717) is 18.3 Å². The van der Waals surface area contributed by atoms with Crippen LogP contribution in [-0.2, 0) is 21.3 Å². The van der Waals surface area contributed by atoms with Crippen molar-refractivity contribution in [3.05, 3.63) is 17.9 Å². The zero-order valence-electron chi connectivity index (χ0n) is 11.8. The van der Waals surface area contributed by atoms with Crippen LogP contribution in [0.3, 0.4) is 0 Å². The van der Waals surface area contributed by atoms with Crippen molar-refractivity contribution in [3.8, 4) is 0 Å². The van der Waals surface area contributed by atoms with Crippen LogP contribution in [0.25, 0.3) is 0 Å². The lowest BCUT2D eigenvalue weighted by Gasteiger charge is -2.06. The number of ether oxygens (including phenoxy) is 1. The molecule has 116 valence electrons. The predicted octanol–water partition coefficient (Wildman–Crippen LogP) is 0.0648. The smallest absolute Gasteiger partial charge is 0.274 e. The highest BCUT2D eigenvalue weighted by Gasteiger charge is 2.18. The van der Waals surface area contributed by atoms with E-state index in [-0.39, 0.29) is 31.5 Å². The van der Waals surface area contributed by atoms with E-state index in [2.05, 4.69) is 10.0 Å². The Morgan fingerprint density at radius 2 is 2.10 bits per heavy atom. The number of sulfonamides is 1. The van der Waals surface area contributed by atoms with Gasteiger partial charge in [-0.05, 0) is 12.1 Å². The fourth-order valence-electron chi connectivity index (χ4n) is 1.39. The SMILES string of the molecule is CC(C)NCc1ccc(S(=O)(=O)NCCOCCO)o1. The molecule has 0 aliphatic heterocycles. The summed E-state index contributed by atoms with van der Waals surface area (Å²) in [7, 11) is -3.65. The van der Waals surface area contributed by atoms with Gasteiger partial charge in [0.1, 0.15) is 5.76 Å². The molecule has 1 aromatic heterocycles. The molecule has 1 aromatic rings. The summed E-state index contributed by atoms with van der Waals surface area (Å²) in [5, 5.41) is 11.5. The van der Waals surface area contributed by atoms with Crippen LogP contribution in [0.2, 0.25) is 0 Å². The maximum Gasteiger partial charge on any atom is 0.274 e. The van der Waals surface area contributed by atoms with Gasteiger partial charge >= 0.3 is 0 Å². The molecule has 0 saturated carbocycles. The van der Waals surface area contributed by atoms with E-state index in [0.717, 1.165) is 0 Å². The molecule has 0 aromatic carbocycles. The molecule has 0 spiro atoms. The van der Waals surface area contributed by atoms with E-state index in [1.54, 1.807) is 6.07 Å². The van der Waals surface area contributed by atoms with Gasteiger partial charge in [0.05, 0.1) is 26.4 Å². The average molecular weight is 306 g/mol. The van der Waals surface area contributed by atoms with Crippen LogP contribution in [-0.4, -0.2) is 45.9 Å². The van der Waals surface area contributed by atoms with Crippen molar-refractivity contribution in [1.29, 1.82) is 0 Å². The number of aliphatic hydroxyl groups is 1. The standard InChI is InChI=1S/C12H22N2O5S/c1-10(2)13-9-11-3-4-12(19-11)20(16,17)14-5-7-18-8-6-15/h3-4,10,13-15H,5-9H2,1-2H3. The maximum atomic E-state index is 11.9. The average Bonchev–Trinajstić information content (AvgIpc) is 2.85. The number of furan rings is 1. The van der Waals surface area contributed by atoms with Crippen LogP contribution in [0.15, 0.2) is 21.6 Å². The number of hydrogen-bond donors (Lipinski definition) is 3. The highest BCUT2D eigenvalue weighted by atomic mass is 32.2. The summed E-state index contributed by atoms with van der Waals surface area (Å²) < 4.78 is 36.4. The second kappa shape index (κ2) is 8.38. The van der Waals surface area contributed by atoms with Crippen LogP contribution in [0, 0.1) is 0 Å². The molecule has 1 heterocycles. The van der Waals surface area contributed by atoms with Crippen LogP contribution in [0.1, 0.15) is 19.6 Å². The van der Waals surface area contributed by atoms with Gasteiger partial charge in [-0.1, -0.05) is 13.8 Å². The van der Waals surface area contributed by atoms with Gasteiger partial charge in [0, 0.05) is 12.6 Å². The predicted molar refractivity (Wildman–Crippen MR) is 73.8 cm³/mol. The van der Waals surface area contributed by atoms with Gasteiger partial charge < -0.3 is 19.6 Å². The van der Waals surface area contributed by atoms with E-state index >= 15 is 0 Å². The van der Waals surface area contributed by atoms with Crippen LogP contribution in [0.4, 0.5) is 0 Å². The minimum atomic E-state index is -3.65. The first kappa shape index (κ1) is 17.1. The molecular formula is C12H22N2O5S. The summed E-state index contributed by atoms with van der Waals surface area (Å²) in [5.41, 5.74) is 0. The molecule has 1 rings (SSSR count). The summed E-state index contributed by atoms with van der Waals surface area (Å²) >= 11 is 0. The summed E-state index contributed by atoms with van der Waals surface area (Å²) in [6.45, 7) is 4.89. The summed E-state index contributed by atoms with van der Waals surface area (Å²) in [5.74, 6) is 0.565. The molecule has 0 bridgehead atoms. The normalized spacial score (nSPS) is 12.2. The third-order valence-corrected chi connectivity index (χ3v) is 3.69. The van der Waals surface area contributed by atoms with Crippen molar-refractivity contribution < 1.29 is 22.7 Å². The second-order valence-electron chi connectivity index (χ2n) is 4.49. The summed E-state index contributed by atoms with van der Waals surface area (Å²) in [4.78, 5) is 0. The molecule has 0 atom stereocenters. The number of nitrogens with one attached hydrogen (secondary N) is 2. The highest BCUT2D eigenvalue weighted by Crippen LogP contribution is 2.13. The lowest BCUT2D eigenvalue weighted by molar-refractivity contribution is 0.0961. The first-order chi connectivity index (χ1) is 9.45. The molecule has 7 nitrogen and oxygen atoms in total. The number of aliphatic hydroxyl groups excluding tert-OH is 1. The van der Waals surface area contributed by atoms with E-state index in [9.17, 15) is 8.42 Å². The molecule has 0 aliphatic rings. The highest BCUT2D eigenvalue weighted by molar-refractivity contribution is 7.89. The van der Waals surface area contributed by atoms with Gasteiger partial charge in [-0.2, -0.15) is 0 Å². The molecule has 0 radical (unpaired) electrons. The van der Waals surface area contributed by atoms with E-state index in [4.69, 9.17) is 14.3 Å². The Labute approximate surface area is 119 Å². The lowest BCUT2D eigenvalue weighted by Crippen LogP contribution is -2.27. The van der Waals surface area contributed by atoms with Crippen LogP contribution in [0.5, 0.6) is 0 Å². The van der Waals surface area contributed by atoms with E-state index in [1.807, 2.05) is 13.8 Å². The molecular weight excluding hydrogens is 284 g/mol. The van der Waals surface area contributed by atoms with Crippen molar-refractivity contribution in [2.24, 2.45) is 0 Å². The molecule has 0 amide bonds. The number of rotatable bonds is 10. The second-order valence-corrected chi connectivity index (χ2v) is 6.19. The molecule has 0 fully saturated rings. The van der Waals surface area contributed by atoms with Gasteiger partial charge in [0.2, 0.25) is 5.09 Å². The fourth-order valence-corrected chi connectivity index (χ4v) is 2.35. The van der Waals surface area contributed by atoms with Gasteiger partial charge in [-0.15, -0.1) is 0 Å². The van der Waals surface area contributed by atoms with Crippen molar-refractivity contribution in [1.82, 2.24) is 10.0 Å². The van der Waals surface area contributed by atoms with Gasteiger partial charge in [0.25, 0.3) is 10.0 Å². The molecule has 0 unspecified atom stereocenters. The Hall–Kier alpha value is -0.930. The summed E-state index contributed by atoms with van der Waals surface area (Å²) in [6.07, 6.45) is 0. The van der Waals surface area contributed by atoms with Gasteiger partial charge in [-0.3, -0.25) is 0 Å². The third kappa shape index (κ3) is 6.02. The molecule has 20 heavy (non-hydrogen) atoms.